The first kappa shape index (κ1) is 57.4. The average molecular weight is 994 g/mol. The minimum absolute atomic E-state index is 0.00993. The van der Waals surface area contributed by atoms with Crippen molar-refractivity contribution in [1.29, 1.82) is 0 Å². The highest BCUT2D eigenvalue weighted by molar-refractivity contribution is 6.39. The van der Waals surface area contributed by atoms with Crippen LogP contribution in [-0.2, 0) is 53.8 Å². The Bertz CT molecular complexity index is 2030. The fourth-order valence-corrected chi connectivity index (χ4v) is 11.0. The third kappa shape index (κ3) is 13.9. The van der Waals surface area contributed by atoms with Crippen molar-refractivity contribution in [1.82, 2.24) is 4.90 Å². The van der Waals surface area contributed by atoms with Crippen LogP contribution in [-0.4, -0.2) is 133 Å². The van der Waals surface area contributed by atoms with Crippen molar-refractivity contribution in [2.75, 3.05) is 34.5 Å². The number of aryl methyl sites for hydroxylation is 1. The number of amides is 1. The number of esters is 1. The molecule has 0 spiro atoms. The van der Waals surface area contributed by atoms with Crippen LogP contribution in [0.1, 0.15) is 135 Å². The van der Waals surface area contributed by atoms with Gasteiger partial charge in [-0.3, -0.25) is 14.4 Å². The summed E-state index contributed by atoms with van der Waals surface area (Å²) < 4.78 is 76.8. The summed E-state index contributed by atoms with van der Waals surface area (Å²) in [6.07, 6.45) is -3.37. The molecule has 394 valence electrons. The molecule has 3 N–H and O–H groups in total. The minimum Gasteiger partial charge on any atom is -0.456 e. The normalized spacial score (nSPS) is 36.3. The number of nitrogens with zero attached hydrogens (tertiary/aromatic N) is 1. The highest BCUT2D eigenvalue weighted by atomic mass is 19.4. The molecule has 0 radical (unpaired) electrons. The first-order valence-corrected chi connectivity index (χ1v) is 25.0. The van der Waals surface area contributed by atoms with Crippen LogP contribution in [0.15, 0.2) is 41.5 Å². The van der Waals surface area contributed by atoms with Gasteiger partial charge in [-0.05, 0) is 120 Å². The number of ether oxygens (including phenoxy) is 6. The fourth-order valence-electron chi connectivity index (χ4n) is 11.0. The molecule has 14 nitrogen and oxygen atoms in total. The topological polar surface area (TPSA) is 188 Å². The average Bonchev–Trinajstić information content (AvgIpc) is 3.32. The van der Waals surface area contributed by atoms with E-state index in [1.807, 2.05) is 32.9 Å². The summed E-state index contributed by atoms with van der Waals surface area (Å²) in [7, 11) is 4.54. The lowest BCUT2D eigenvalue weighted by atomic mass is 9.81. The molecule has 1 aromatic rings. The number of ketones is 2. The Balaban J connectivity index is 1.44. The number of hydrogen-bond donors (Lipinski definition) is 3. The summed E-state index contributed by atoms with van der Waals surface area (Å²) in [6.45, 7) is 12.3. The van der Waals surface area contributed by atoms with E-state index in [2.05, 4.69) is 0 Å². The second kappa shape index (κ2) is 24.9. The Morgan fingerprint density at radius 2 is 1.59 bits per heavy atom. The number of fused-ring (bicyclic) bond motifs is 3. The smallest absolute Gasteiger partial charge is 0.416 e. The molecular weight excluding hydrogens is 916 g/mol. The molecule has 3 heterocycles. The lowest BCUT2D eigenvalue weighted by Crippen LogP contribution is -2.64. The van der Waals surface area contributed by atoms with Crippen molar-refractivity contribution < 1.29 is 76.1 Å². The fraction of sp³-hybridized carbons (Fsp3) is 0.736. The molecule has 4 aliphatic rings. The highest BCUT2D eigenvalue weighted by Gasteiger charge is 2.56. The molecule has 1 amide bonds. The first-order chi connectivity index (χ1) is 32.9. The lowest BCUT2D eigenvalue weighted by Gasteiger charge is -2.47. The number of carbonyl (C=O) groups is 4. The molecule has 70 heavy (non-hydrogen) atoms. The van der Waals surface area contributed by atoms with E-state index in [-0.39, 0.29) is 55.6 Å². The van der Waals surface area contributed by atoms with Gasteiger partial charge in [0.25, 0.3) is 11.7 Å². The van der Waals surface area contributed by atoms with Crippen LogP contribution in [0.2, 0.25) is 0 Å². The predicted molar refractivity (Wildman–Crippen MR) is 253 cm³/mol. The zero-order chi connectivity index (χ0) is 51.8. The first-order valence-electron chi connectivity index (χ1n) is 25.0. The van der Waals surface area contributed by atoms with Gasteiger partial charge < -0.3 is 48.6 Å². The summed E-state index contributed by atoms with van der Waals surface area (Å²) in [6, 6.07) is 2.22. The standard InChI is InChI=1S/C53H78F3NO13/c1-11-36-19-29(2)18-30(3)22-45(66-9)48-46(67-10)24-33(6)52(64,70-48)49(61)50(62)57-17-13-12-14-39(57)51(63)69-47(34(7)40(58)27-41(36)59)32(5)23-35-15-16-43(44(25-35)65-8)68-28-42(60)37-20-31(4)21-38(26-37)53(54,55)56/h19-21,23,26,30,33-36,39-40,42-48,58,60,64H,11-18,22,24-25,27-28H2,1-10H3/b29-19+,32-23?. The summed E-state index contributed by atoms with van der Waals surface area (Å²) in [4.78, 5) is 58.4. The monoisotopic (exact) mass is 994 g/mol. The second-order valence-electron chi connectivity index (χ2n) is 20.6. The number of benzene rings is 1. The molecule has 1 aliphatic carbocycles. The Labute approximate surface area is 411 Å². The number of rotatable bonds is 10. The number of carbonyl (C=O) groups excluding carboxylic acids is 4. The van der Waals surface area contributed by atoms with Gasteiger partial charge in [0.1, 0.15) is 30.1 Å². The molecule has 1 saturated carbocycles. The largest absolute Gasteiger partial charge is 0.456 e. The summed E-state index contributed by atoms with van der Waals surface area (Å²) >= 11 is 0. The molecule has 15 atom stereocenters. The molecular formula is C53H78F3NO13. The third-order valence-corrected chi connectivity index (χ3v) is 15.1. The minimum atomic E-state index is -4.58. The zero-order valence-electron chi connectivity index (χ0n) is 42.7. The van der Waals surface area contributed by atoms with Gasteiger partial charge in [-0.25, -0.2) is 4.79 Å². The Morgan fingerprint density at radius 1 is 0.914 bits per heavy atom. The number of halogens is 3. The molecule has 17 heteroatoms. The van der Waals surface area contributed by atoms with E-state index >= 15 is 0 Å². The van der Waals surface area contributed by atoms with E-state index in [1.165, 1.54) is 34.3 Å². The van der Waals surface area contributed by atoms with E-state index < -0.39 is 108 Å². The SMILES string of the molecule is CCC1/C=C(\C)CC(C)CC(OC)C2OC(O)(C(=O)C(=O)N3CCCCC3C(=O)OC(C(C)=CC3CCC(OCC(O)c4cc(C)cc(C(F)(F)F)c4)C(OC)C3)C(C)C(O)CC1=O)C(C)CC2OC. The van der Waals surface area contributed by atoms with E-state index in [4.69, 9.17) is 28.4 Å². The van der Waals surface area contributed by atoms with Crippen LogP contribution in [0.5, 0.6) is 0 Å². The maximum absolute atomic E-state index is 14.5. The van der Waals surface area contributed by atoms with Gasteiger partial charge >= 0.3 is 12.1 Å². The van der Waals surface area contributed by atoms with Crippen LogP contribution < -0.4 is 0 Å². The van der Waals surface area contributed by atoms with Crippen LogP contribution in [0.25, 0.3) is 0 Å². The van der Waals surface area contributed by atoms with Crippen molar-refractivity contribution in [3.05, 3.63) is 58.2 Å². The van der Waals surface area contributed by atoms with Gasteiger partial charge in [-0.15, -0.1) is 0 Å². The van der Waals surface area contributed by atoms with Crippen molar-refractivity contribution in [2.24, 2.45) is 29.6 Å². The van der Waals surface area contributed by atoms with Gasteiger partial charge in [0.15, 0.2) is 0 Å². The van der Waals surface area contributed by atoms with Crippen molar-refractivity contribution in [2.45, 2.75) is 186 Å². The number of methoxy groups -OCH3 is 3. The van der Waals surface area contributed by atoms with E-state index in [0.29, 0.717) is 62.5 Å². The van der Waals surface area contributed by atoms with E-state index in [0.717, 1.165) is 22.6 Å². The van der Waals surface area contributed by atoms with Gasteiger partial charge in [-0.2, -0.15) is 13.2 Å². The number of piperidine rings is 1. The molecule has 2 bridgehead atoms. The van der Waals surface area contributed by atoms with Gasteiger partial charge in [-0.1, -0.05) is 57.0 Å². The van der Waals surface area contributed by atoms with Crippen molar-refractivity contribution in [3.8, 4) is 0 Å². The van der Waals surface area contributed by atoms with Crippen LogP contribution in [0.3, 0.4) is 0 Å². The molecule has 15 unspecified atom stereocenters. The second-order valence-corrected chi connectivity index (χ2v) is 20.6. The number of aliphatic hydroxyl groups is 3. The summed E-state index contributed by atoms with van der Waals surface area (Å²) in [5, 5.41) is 34.9. The molecule has 3 fully saturated rings. The predicted octanol–water partition coefficient (Wildman–Crippen LogP) is 7.56. The Morgan fingerprint density at radius 3 is 2.23 bits per heavy atom. The maximum atomic E-state index is 14.5. The van der Waals surface area contributed by atoms with Gasteiger partial charge in [0.05, 0.1) is 42.7 Å². The number of allylic oxidation sites excluding steroid dienone is 3. The van der Waals surface area contributed by atoms with Crippen LogP contribution >= 0.6 is 0 Å². The van der Waals surface area contributed by atoms with E-state index in [1.54, 1.807) is 20.8 Å². The number of aliphatic hydroxyl groups excluding tert-OH is 2. The van der Waals surface area contributed by atoms with Gasteiger partial charge in [0.2, 0.25) is 5.79 Å². The van der Waals surface area contributed by atoms with Crippen LogP contribution in [0, 0.1) is 36.5 Å². The van der Waals surface area contributed by atoms with Gasteiger partial charge in [0, 0.05) is 52.0 Å². The van der Waals surface area contributed by atoms with Crippen molar-refractivity contribution in [3.63, 3.8) is 0 Å². The quantitative estimate of drug-likeness (QED) is 0.119. The Hall–Kier alpha value is -3.55. The number of Topliss-reactive ketones (excluding diaryl/α,β-unsaturated/α-hetero) is 2. The molecule has 1 aromatic carbocycles. The number of cyclic esters (lactones) is 1. The highest BCUT2D eigenvalue weighted by Crippen LogP contribution is 2.40. The molecule has 5 rings (SSSR count). The summed E-state index contributed by atoms with van der Waals surface area (Å²) in [5.41, 5.74) is 1.11. The molecule has 3 aliphatic heterocycles. The lowest BCUT2D eigenvalue weighted by molar-refractivity contribution is -0.302. The zero-order valence-corrected chi connectivity index (χ0v) is 42.7. The number of alkyl halides is 3. The van der Waals surface area contributed by atoms with E-state index in [9.17, 15) is 47.7 Å². The summed E-state index contributed by atoms with van der Waals surface area (Å²) in [5.74, 6) is -8.19. The third-order valence-electron chi connectivity index (χ3n) is 15.1. The Kier molecular flexibility index (Phi) is 20.4. The maximum Gasteiger partial charge on any atom is 0.416 e. The molecule has 0 aromatic heterocycles. The number of hydrogen-bond acceptors (Lipinski definition) is 13. The molecule has 2 saturated heterocycles. The van der Waals surface area contributed by atoms with Crippen molar-refractivity contribution >= 4 is 23.4 Å². The van der Waals surface area contributed by atoms with Crippen LogP contribution in [0.4, 0.5) is 13.2 Å².